The monoisotopic (exact) mass is 348 g/mol. The SMILES string of the molecule is C[C@@H](C(=O)Nc1sccc1C(N)=O)N1CCC[C@H]1Cn1cncn1. The Morgan fingerprint density at radius 2 is 2.38 bits per heavy atom. The minimum Gasteiger partial charge on any atom is -0.366 e. The zero-order valence-electron chi connectivity index (χ0n) is 13.4. The van der Waals surface area contributed by atoms with E-state index < -0.39 is 5.91 Å². The predicted octanol–water partition coefficient (Wildman–Crippen LogP) is 0.930. The summed E-state index contributed by atoms with van der Waals surface area (Å²) in [4.78, 5) is 30.1. The standard InChI is InChI=1S/C15H20N6O2S/c1-10(14(23)19-15-12(13(16)22)4-6-24-15)21-5-2-3-11(21)7-20-9-17-8-18-20/h4,6,8-11H,2-3,5,7H2,1H3,(H2,16,22)(H,19,23)/t10-,11-/m0/s1. The Bertz CT molecular complexity index is 713. The van der Waals surface area contributed by atoms with Gasteiger partial charge in [0.25, 0.3) is 5.91 Å². The number of nitrogens with zero attached hydrogens (tertiary/aromatic N) is 4. The summed E-state index contributed by atoms with van der Waals surface area (Å²) in [6, 6.07) is 1.56. The van der Waals surface area contributed by atoms with Gasteiger partial charge in [-0.05, 0) is 37.8 Å². The molecule has 0 bridgehead atoms. The van der Waals surface area contributed by atoms with Crippen LogP contribution >= 0.6 is 11.3 Å². The molecular weight excluding hydrogens is 328 g/mol. The first-order valence-corrected chi connectivity index (χ1v) is 8.70. The molecule has 24 heavy (non-hydrogen) atoms. The summed E-state index contributed by atoms with van der Waals surface area (Å²) in [6.45, 7) is 3.46. The number of primary amides is 1. The van der Waals surface area contributed by atoms with Gasteiger partial charge in [0, 0.05) is 6.04 Å². The molecule has 0 unspecified atom stereocenters. The second-order valence-electron chi connectivity index (χ2n) is 5.84. The van der Waals surface area contributed by atoms with Crippen molar-refractivity contribution in [1.29, 1.82) is 0 Å². The van der Waals surface area contributed by atoms with Crippen LogP contribution in [0.4, 0.5) is 5.00 Å². The number of rotatable bonds is 6. The Kier molecular flexibility index (Phi) is 4.91. The summed E-state index contributed by atoms with van der Waals surface area (Å²) in [7, 11) is 0. The molecule has 0 saturated carbocycles. The number of thiophene rings is 1. The fraction of sp³-hybridized carbons (Fsp3) is 0.467. The van der Waals surface area contributed by atoms with Gasteiger partial charge in [0.05, 0.1) is 18.2 Å². The maximum Gasteiger partial charge on any atom is 0.251 e. The number of hydrogen-bond acceptors (Lipinski definition) is 6. The van der Waals surface area contributed by atoms with Crippen molar-refractivity contribution in [3.63, 3.8) is 0 Å². The quantitative estimate of drug-likeness (QED) is 0.808. The molecule has 0 aromatic carbocycles. The minimum absolute atomic E-state index is 0.134. The molecule has 1 saturated heterocycles. The van der Waals surface area contributed by atoms with Gasteiger partial charge in [-0.1, -0.05) is 0 Å². The van der Waals surface area contributed by atoms with Crippen LogP contribution in [0.25, 0.3) is 0 Å². The zero-order chi connectivity index (χ0) is 17.1. The Morgan fingerprint density at radius 3 is 3.08 bits per heavy atom. The molecule has 2 atom stereocenters. The Hall–Kier alpha value is -2.26. The largest absolute Gasteiger partial charge is 0.366 e. The van der Waals surface area contributed by atoms with E-state index in [1.807, 2.05) is 6.92 Å². The van der Waals surface area contributed by atoms with Crippen molar-refractivity contribution in [3.05, 3.63) is 29.7 Å². The number of anilines is 1. The van der Waals surface area contributed by atoms with Crippen LogP contribution in [-0.2, 0) is 11.3 Å². The van der Waals surface area contributed by atoms with Gasteiger partial charge in [-0.15, -0.1) is 11.3 Å². The van der Waals surface area contributed by atoms with Gasteiger partial charge < -0.3 is 11.1 Å². The first-order valence-electron chi connectivity index (χ1n) is 7.82. The molecule has 9 heteroatoms. The van der Waals surface area contributed by atoms with Gasteiger partial charge in [-0.3, -0.25) is 19.2 Å². The Balaban J connectivity index is 1.66. The van der Waals surface area contributed by atoms with Crippen LogP contribution in [0.3, 0.4) is 0 Å². The van der Waals surface area contributed by atoms with E-state index in [4.69, 9.17) is 5.73 Å². The highest BCUT2D eigenvalue weighted by atomic mass is 32.1. The minimum atomic E-state index is -0.538. The molecule has 3 heterocycles. The highest BCUT2D eigenvalue weighted by Gasteiger charge is 2.32. The smallest absolute Gasteiger partial charge is 0.251 e. The van der Waals surface area contributed by atoms with Crippen molar-refractivity contribution < 1.29 is 9.59 Å². The lowest BCUT2D eigenvalue weighted by molar-refractivity contribution is -0.121. The van der Waals surface area contributed by atoms with E-state index in [2.05, 4.69) is 20.3 Å². The zero-order valence-corrected chi connectivity index (χ0v) is 14.2. The summed E-state index contributed by atoms with van der Waals surface area (Å²) in [6.07, 6.45) is 5.26. The van der Waals surface area contributed by atoms with E-state index in [1.54, 1.807) is 22.5 Å². The predicted molar refractivity (Wildman–Crippen MR) is 90.7 cm³/mol. The van der Waals surface area contributed by atoms with Crippen LogP contribution < -0.4 is 11.1 Å². The summed E-state index contributed by atoms with van der Waals surface area (Å²) in [5, 5.41) is 9.21. The third kappa shape index (κ3) is 3.46. The highest BCUT2D eigenvalue weighted by Crippen LogP contribution is 2.25. The molecule has 128 valence electrons. The topological polar surface area (TPSA) is 106 Å². The van der Waals surface area contributed by atoms with Crippen LogP contribution in [-0.4, -0.2) is 50.1 Å². The molecule has 0 aliphatic carbocycles. The van der Waals surface area contributed by atoms with Crippen molar-refractivity contribution in [3.8, 4) is 0 Å². The molecule has 2 amide bonds. The number of nitrogens with one attached hydrogen (secondary N) is 1. The number of carbonyl (C=O) groups excluding carboxylic acids is 2. The Morgan fingerprint density at radius 1 is 1.54 bits per heavy atom. The fourth-order valence-corrected chi connectivity index (χ4v) is 3.87. The van der Waals surface area contributed by atoms with Gasteiger partial charge in [0.15, 0.2) is 0 Å². The average molecular weight is 348 g/mol. The van der Waals surface area contributed by atoms with E-state index in [0.29, 0.717) is 17.1 Å². The van der Waals surface area contributed by atoms with Crippen LogP contribution in [0.15, 0.2) is 24.1 Å². The van der Waals surface area contributed by atoms with Crippen molar-refractivity contribution in [2.45, 2.75) is 38.4 Å². The number of amides is 2. The number of likely N-dealkylation sites (tertiary alicyclic amines) is 1. The first kappa shape index (κ1) is 16.6. The number of hydrogen-bond donors (Lipinski definition) is 2. The lowest BCUT2D eigenvalue weighted by Crippen LogP contribution is -2.46. The second kappa shape index (κ2) is 7.10. The van der Waals surface area contributed by atoms with Gasteiger partial charge in [-0.2, -0.15) is 5.10 Å². The molecular formula is C15H20N6O2S. The molecule has 1 aliphatic rings. The van der Waals surface area contributed by atoms with Crippen LogP contribution in [0.1, 0.15) is 30.1 Å². The maximum absolute atomic E-state index is 12.6. The molecule has 2 aromatic rings. The number of nitrogens with two attached hydrogens (primary N) is 1. The van der Waals surface area contributed by atoms with E-state index in [0.717, 1.165) is 19.4 Å². The summed E-state index contributed by atoms with van der Waals surface area (Å²) >= 11 is 1.30. The molecule has 3 rings (SSSR count). The van der Waals surface area contributed by atoms with Gasteiger partial charge >= 0.3 is 0 Å². The third-order valence-electron chi connectivity index (χ3n) is 4.33. The van der Waals surface area contributed by atoms with Crippen LogP contribution in [0.2, 0.25) is 0 Å². The summed E-state index contributed by atoms with van der Waals surface area (Å²) < 4.78 is 1.79. The fourth-order valence-electron chi connectivity index (χ4n) is 3.07. The molecule has 1 fully saturated rings. The van der Waals surface area contributed by atoms with Crippen molar-refractivity contribution in [1.82, 2.24) is 19.7 Å². The first-order chi connectivity index (χ1) is 11.6. The third-order valence-corrected chi connectivity index (χ3v) is 5.16. The second-order valence-corrected chi connectivity index (χ2v) is 6.76. The van der Waals surface area contributed by atoms with Crippen LogP contribution in [0.5, 0.6) is 0 Å². The molecule has 0 radical (unpaired) electrons. The lowest BCUT2D eigenvalue weighted by atomic mass is 10.2. The summed E-state index contributed by atoms with van der Waals surface area (Å²) in [5.74, 6) is -0.671. The summed E-state index contributed by atoms with van der Waals surface area (Å²) in [5.41, 5.74) is 5.67. The van der Waals surface area contributed by atoms with Crippen LogP contribution in [0, 0.1) is 0 Å². The lowest BCUT2D eigenvalue weighted by Gasteiger charge is -2.29. The van der Waals surface area contributed by atoms with E-state index >= 15 is 0 Å². The van der Waals surface area contributed by atoms with E-state index in [-0.39, 0.29) is 18.0 Å². The maximum atomic E-state index is 12.6. The normalized spacial score (nSPS) is 19.3. The number of carbonyl (C=O) groups is 2. The Labute approximate surface area is 143 Å². The highest BCUT2D eigenvalue weighted by molar-refractivity contribution is 7.14. The van der Waals surface area contributed by atoms with Crippen molar-refractivity contribution in [2.24, 2.45) is 5.73 Å². The molecule has 0 spiro atoms. The van der Waals surface area contributed by atoms with Crippen molar-refractivity contribution in [2.75, 3.05) is 11.9 Å². The van der Waals surface area contributed by atoms with Gasteiger partial charge in [-0.25, -0.2) is 4.98 Å². The average Bonchev–Trinajstić information content (AvgIpc) is 3.28. The van der Waals surface area contributed by atoms with Gasteiger partial charge in [0.1, 0.15) is 17.7 Å². The van der Waals surface area contributed by atoms with Gasteiger partial charge in [0.2, 0.25) is 5.91 Å². The molecule has 3 N–H and O–H groups in total. The van der Waals surface area contributed by atoms with E-state index in [9.17, 15) is 9.59 Å². The number of aromatic nitrogens is 3. The van der Waals surface area contributed by atoms with E-state index in [1.165, 1.54) is 17.7 Å². The molecule has 8 nitrogen and oxygen atoms in total. The molecule has 2 aromatic heterocycles. The van der Waals surface area contributed by atoms with Crippen molar-refractivity contribution >= 4 is 28.2 Å². The molecule has 1 aliphatic heterocycles.